The van der Waals surface area contributed by atoms with E-state index in [1.165, 1.54) is 5.56 Å². The second-order valence-electron chi connectivity index (χ2n) is 7.40. The van der Waals surface area contributed by atoms with Crippen LogP contribution in [0, 0.1) is 0 Å². The zero-order valence-electron chi connectivity index (χ0n) is 17.6. The molecule has 0 saturated carbocycles. The lowest BCUT2D eigenvalue weighted by atomic mass is 10.0. The lowest BCUT2D eigenvalue weighted by Gasteiger charge is -2.34. The van der Waals surface area contributed by atoms with Crippen LogP contribution >= 0.6 is 0 Å². The molecule has 0 bridgehead atoms. The van der Waals surface area contributed by atoms with Crippen LogP contribution in [-0.4, -0.2) is 61.3 Å². The number of carbonyl (C=O) groups excluding carboxylic acids is 1. The maximum atomic E-state index is 11.2. The van der Waals surface area contributed by atoms with Crippen molar-refractivity contribution < 1.29 is 4.79 Å². The molecule has 0 radical (unpaired) electrons. The number of nitrogens with one attached hydrogen (secondary N) is 2. The second kappa shape index (κ2) is 12.2. The summed E-state index contributed by atoms with van der Waals surface area (Å²) in [6, 6.07) is 8.10. The van der Waals surface area contributed by atoms with E-state index >= 15 is 0 Å². The number of hydrogen-bond acceptors (Lipinski definition) is 5. The van der Waals surface area contributed by atoms with E-state index in [0.29, 0.717) is 12.6 Å². The number of aliphatic imine (C=N–C) groups is 1. The summed E-state index contributed by atoms with van der Waals surface area (Å²) < 4.78 is 0. The third-order valence-corrected chi connectivity index (χ3v) is 5.13. The third kappa shape index (κ3) is 8.19. The average Bonchev–Trinajstić information content (AvgIpc) is 2.74. The summed E-state index contributed by atoms with van der Waals surface area (Å²) in [5.41, 5.74) is 5.32. The Hall–Kier alpha value is -2.48. The summed E-state index contributed by atoms with van der Waals surface area (Å²) in [6.45, 7) is 10.8. The first-order valence-electron chi connectivity index (χ1n) is 10.1. The van der Waals surface area contributed by atoms with Gasteiger partial charge in [-0.3, -0.25) is 15.3 Å². The first-order valence-corrected chi connectivity index (χ1v) is 10.1. The van der Waals surface area contributed by atoms with Gasteiger partial charge in [-0.05, 0) is 44.0 Å². The minimum absolute atomic E-state index is 0.319. The van der Waals surface area contributed by atoms with Crippen LogP contribution in [0.5, 0.6) is 0 Å². The highest BCUT2D eigenvalue weighted by Gasteiger charge is 2.17. The predicted octanol–water partition coefficient (Wildman–Crippen LogP) is 2.07. The summed E-state index contributed by atoms with van der Waals surface area (Å²) >= 11 is 0. The number of aryl methyl sites for hydroxylation is 1. The quantitative estimate of drug-likeness (QED) is 0.195. The van der Waals surface area contributed by atoms with Crippen molar-refractivity contribution in [3.8, 4) is 0 Å². The summed E-state index contributed by atoms with van der Waals surface area (Å²) in [7, 11) is 2.17. The van der Waals surface area contributed by atoms with Gasteiger partial charge in [-0.2, -0.15) is 0 Å². The van der Waals surface area contributed by atoms with Crippen LogP contribution in [0.2, 0.25) is 0 Å². The molecule has 2 amide bonds. The highest BCUT2D eigenvalue weighted by molar-refractivity contribution is 5.73. The summed E-state index contributed by atoms with van der Waals surface area (Å²) in [5.74, 6) is 5.08. The van der Waals surface area contributed by atoms with Crippen LogP contribution in [0.1, 0.15) is 24.5 Å². The third-order valence-electron chi connectivity index (χ3n) is 5.13. The maximum absolute atomic E-state index is 11.2. The van der Waals surface area contributed by atoms with Gasteiger partial charge in [0.2, 0.25) is 0 Å². The SMILES string of the molecule is C=C/C=C(/CCc1cccc(CNC(=O)NN)c1)N=CC(C)N1CCN(C)CC1. The molecule has 1 fully saturated rings. The van der Waals surface area contributed by atoms with E-state index < -0.39 is 6.03 Å². The van der Waals surface area contributed by atoms with Gasteiger partial charge in [0.15, 0.2) is 0 Å². The van der Waals surface area contributed by atoms with E-state index in [1.54, 1.807) is 6.08 Å². The number of hydrazine groups is 1. The summed E-state index contributed by atoms with van der Waals surface area (Å²) in [6.07, 6.45) is 7.52. The lowest BCUT2D eigenvalue weighted by molar-refractivity contribution is 0.144. The molecule has 0 spiro atoms. The van der Waals surface area contributed by atoms with Crippen molar-refractivity contribution in [2.75, 3.05) is 33.2 Å². The topological polar surface area (TPSA) is 86.0 Å². The number of urea groups is 1. The molecule has 1 atom stereocenters. The Morgan fingerprint density at radius 1 is 1.31 bits per heavy atom. The number of likely N-dealkylation sites (N-methyl/N-ethyl adjacent to an activating group) is 1. The molecule has 29 heavy (non-hydrogen) atoms. The number of nitrogens with two attached hydrogens (primary N) is 1. The zero-order valence-corrected chi connectivity index (χ0v) is 17.6. The van der Waals surface area contributed by atoms with Gasteiger partial charge in [0.05, 0.1) is 0 Å². The summed E-state index contributed by atoms with van der Waals surface area (Å²) in [5, 5.41) is 2.70. The number of benzene rings is 1. The Bertz CT molecular complexity index is 722. The second-order valence-corrected chi connectivity index (χ2v) is 7.40. The Balaban J connectivity index is 1.89. The van der Waals surface area contributed by atoms with Gasteiger partial charge in [0.1, 0.15) is 0 Å². The van der Waals surface area contributed by atoms with Crippen LogP contribution in [0.3, 0.4) is 0 Å². The van der Waals surface area contributed by atoms with E-state index in [4.69, 9.17) is 10.8 Å². The van der Waals surface area contributed by atoms with E-state index in [2.05, 4.69) is 53.2 Å². The van der Waals surface area contributed by atoms with Gasteiger partial charge in [-0.15, -0.1) is 0 Å². The normalized spacial score (nSPS) is 17.3. The van der Waals surface area contributed by atoms with Crippen molar-refractivity contribution in [1.29, 1.82) is 0 Å². The highest BCUT2D eigenvalue weighted by Crippen LogP contribution is 2.13. The van der Waals surface area contributed by atoms with Crippen LogP contribution < -0.4 is 16.6 Å². The smallest absolute Gasteiger partial charge is 0.329 e. The molecule has 1 saturated heterocycles. The molecule has 1 aromatic carbocycles. The number of carbonyl (C=O) groups is 1. The molecule has 0 aromatic heterocycles. The number of hydrogen-bond donors (Lipinski definition) is 3. The fourth-order valence-corrected chi connectivity index (χ4v) is 3.25. The molecule has 1 aromatic rings. The number of piperazine rings is 1. The van der Waals surface area contributed by atoms with Crippen molar-refractivity contribution in [3.63, 3.8) is 0 Å². The maximum Gasteiger partial charge on any atom is 0.329 e. The first-order chi connectivity index (χ1) is 14.0. The predicted molar refractivity (Wildman–Crippen MR) is 120 cm³/mol. The monoisotopic (exact) mass is 398 g/mol. The van der Waals surface area contributed by atoms with E-state index in [9.17, 15) is 4.79 Å². The molecular formula is C22H34N6O. The van der Waals surface area contributed by atoms with E-state index in [1.807, 2.05) is 24.4 Å². The number of allylic oxidation sites excluding steroid dienone is 3. The van der Waals surface area contributed by atoms with Crippen LogP contribution in [0.4, 0.5) is 4.79 Å². The molecule has 7 heteroatoms. The number of amides is 2. The fraction of sp³-hybridized carbons (Fsp3) is 0.455. The Morgan fingerprint density at radius 3 is 2.72 bits per heavy atom. The van der Waals surface area contributed by atoms with Crippen molar-refractivity contribution in [2.24, 2.45) is 10.8 Å². The molecule has 1 unspecified atom stereocenters. The van der Waals surface area contributed by atoms with Crippen molar-refractivity contribution in [2.45, 2.75) is 32.4 Å². The van der Waals surface area contributed by atoms with Gasteiger partial charge in [-0.25, -0.2) is 10.6 Å². The molecule has 4 N–H and O–H groups in total. The number of nitrogens with zero attached hydrogens (tertiary/aromatic N) is 3. The van der Waals surface area contributed by atoms with Gasteiger partial charge in [0.25, 0.3) is 0 Å². The zero-order chi connectivity index (χ0) is 21.1. The minimum atomic E-state index is -0.393. The molecule has 158 valence electrons. The number of rotatable bonds is 9. The Kier molecular flexibility index (Phi) is 9.56. The molecule has 0 aliphatic carbocycles. The standard InChI is InChI=1S/C22H34N6O/c1-4-6-21(24-16-18(2)28-13-11-27(3)12-14-28)10-9-19-7-5-8-20(15-19)17-25-22(29)26-23/h4-8,15-16,18H,1,9-14,17,23H2,2-3H3,(H2,25,26,29)/b21-6-,24-16?. The van der Waals surface area contributed by atoms with Crippen molar-refractivity contribution in [1.82, 2.24) is 20.5 Å². The van der Waals surface area contributed by atoms with Gasteiger partial charge < -0.3 is 10.2 Å². The Morgan fingerprint density at radius 2 is 2.03 bits per heavy atom. The van der Waals surface area contributed by atoms with Crippen LogP contribution in [0.25, 0.3) is 0 Å². The average molecular weight is 399 g/mol. The Labute approximate surface area is 174 Å². The highest BCUT2D eigenvalue weighted by atomic mass is 16.2. The molecule has 7 nitrogen and oxygen atoms in total. The lowest BCUT2D eigenvalue weighted by Crippen LogP contribution is -2.48. The van der Waals surface area contributed by atoms with Crippen LogP contribution in [-0.2, 0) is 13.0 Å². The molecule has 1 heterocycles. The molecule has 2 rings (SSSR count). The minimum Gasteiger partial charge on any atom is -0.333 e. The fourth-order valence-electron chi connectivity index (χ4n) is 3.25. The van der Waals surface area contributed by atoms with Crippen molar-refractivity contribution >= 4 is 12.2 Å². The molecular weight excluding hydrogens is 364 g/mol. The van der Waals surface area contributed by atoms with E-state index in [-0.39, 0.29) is 0 Å². The van der Waals surface area contributed by atoms with E-state index in [0.717, 1.165) is 50.3 Å². The molecule has 1 aliphatic heterocycles. The largest absolute Gasteiger partial charge is 0.333 e. The van der Waals surface area contributed by atoms with Crippen LogP contribution in [0.15, 0.2) is 53.7 Å². The van der Waals surface area contributed by atoms with Crippen molar-refractivity contribution in [3.05, 3.63) is 59.8 Å². The van der Waals surface area contributed by atoms with Gasteiger partial charge >= 0.3 is 6.03 Å². The van der Waals surface area contributed by atoms with Gasteiger partial charge in [0, 0.05) is 50.7 Å². The van der Waals surface area contributed by atoms with Gasteiger partial charge in [-0.1, -0.05) is 36.9 Å². The molecule has 1 aliphatic rings. The first kappa shape index (κ1) is 22.8. The summed E-state index contributed by atoms with van der Waals surface area (Å²) in [4.78, 5) is 20.8.